The zero-order valence-corrected chi connectivity index (χ0v) is 11.2. The highest BCUT2D eigenvalue weighted by Gasteiger charge is 2.34. The van der Waals surface area contributed by atoms with Gasteiger partial charge in [0.15, 0.2) is 0 Å². The Labute approximate surface area is 116 Å². The summed E-state index contributed by atoms with van der Waals surface area (Å²) in [6.45, 7) is 1.78. The predicted octanol–water partition coefficient (Wildman–Crippen LogP) is 2.42. The van der Waals surface area contributed by atoms with Crippen molar-refractivity contribution < 1.29 is 4.39 Å². The van der Waals surface area contributed by atoms with Crippen molar-refractivity contribution >= 4 is 11.6 Å². The van der Waals surface area contributed by atoms with Crippen LogP contribution in [0.15, 0.2) is 42.6 Å². The van der Waals surface area contributed by atoms with E-state index in [1.165, 1.54) is 12.3 Å². The molecule has 1 unspecified atom stereocenters. The molecule has 0 bridgehead atoms. The summed E-state index contributed by atoms with van der Waals surface area (Å²) in [7, 11) is 0. The third kappa shape index (κ3) is 2.61. The average Bonchev–Trinajstić information content (AvgIpc) is 2.38. The summed E-state index contributed by atoms with van der Waals surface area (Å²) in [5.41, 5.74) is 12.8. The Kier molecular flexibility index (Phi) is 3.85. The van der Waals surface area contributed by atoms with E-state index in [0.717, 1.165) is 5.56 Å². The number of benzene rings is 1. The number of nitrogens with zero attached hydrogens (tertiary/aromatic N) is 1. The molecule has 5 heteroatoms. The van der Waals surface area contributed by atoms with E-state index in [2.05, 4.69) is 4.98 Å². The first-order chi connectivity index (χ1) is 8.94. The van der Waals surface area contributed by atoms with Crippen LogP contribution in [0.1, 0.15) is 18.1 Å². The summed E-state index contributed by atoms with van der Waals surface area (Å²) < 4.78 is 13.3. The van der Waals surface area contributed by atoms with Crippen molar-refractivity contribution in [2.75, 3.05) is 0 Å². The molecule has 0 saturated heterocycles. The fourth-order valence-corrected chi connectivity index (χ4v) is 2.20. The van der Waals surface area contributed by atoms with Crippen LogP contribution in [-0.2, 0) is 5.54 Å². The molecule has 4 N–H and O–H groups in total. The lowest BCUT2D eigenvalue weighted by Gasteiger charge is -2.34. The molecule has 1 heterocycles. The van der Waals surface area contributed by atoms with Gasteiger partial charge in [-0.2, -0.15) is 4.39 Å². The molecular formula is C14H15ClFN3. The van der Waals surface area contributed by atoms with E-state index >= 15 is 0 Å². The molecule has 2 aromatic rings. The van der Waals surface area contributed by atoms with E-state index in [0.29, 0.717) is 10.6 Å². The number of rotatable bonds is 3. The van der Waals surface area contributed by atoms with Crippen molar-refractivity contribution in [2.45, 2.75) is 18.5 Å². The molecule has 0 saturated carbocycles. The fourth-order valence-electron chi connectivity index (χ4n) is 2.08. The third-order valence-corrected chi connectivity index (χ3v) is 3.50. The predicted molar refractivity (Wildman–Crippen MR) is 74.3 cm³/mol. The van der Waals surface area contributed by atoms with Gasteiger partial charge in [-0.1, -0.05) is 23.7 Å². The number of halogens is 2. The van der Waals surface area contributed by atoms with Crippen LogP contribution in [-0.4, -0.2) is 11.0 Å². The summed E-state index contributed by atoms with van der Waals surface area (Å²) in [6, 6.07) is 9.62. The van der Waals surface area contributed by atoms with Crippen molar-refractivity contribution in [1.29, 1.82) is 0 Å². The molecule has 1 aromatic carbocycles. The van der Waals surface area contributed by atoms with Crippen LogP contribution in [0.25, 0.3) is 0 Å². The number of pyridine rings is 1. The molecule has 0 aliphatic rings. The second-order valence-electron chi connectivity index (χ2n) is 4.53. The third-order valence-electron chi connectivity index (χ3n) is 3.24. The van der Waals surface area contributed by atoms with Gasteiger partial charge in [0.2, 0.25) is 5.95 Å². The van der Waals surface area contributed by atoms with Crippen LogP contribution < -0.4 is 11.5 Å². The van der Waals surface area contributed by atoms with E-state index in [1.54, 1.807) is 37.3 Å². The molecule has 2 atom stereocenters. The van der Waals surface area contributed by atoms with Gasteiger partial charge in [0, 0.05) is 17.3 Å². The quantitative estimate of drug-likeness (QED) is 0.848. The van der Waals surface area contributed by atoms with Crippen LogP contribution in [0.3, 0.4) is 0 Å². The van der Waals surface area contributed by atoms with Gasteiger partial charge in [0.25, 0.3) is 0 Å². The Morgan fingerprint density at radius 2 is 1.84 bits per heavy atom. The van der Waals surface area contributed by atoms with Gasteiger partial charge in [-0.15, -0.1) is 0 Å². The second-order valence-corrected chi connectivity index (χ2v) is 4.97. The maximum absolute atomic E-state index is 13.3. The number of aromatic nitrogens is 1. The minimum absolute atomic E-state index is 0.407. The molecule has 2 rings (SSSR count). The van der Waals surface area contributed by atoms with Gasteiger partial charge < -0.3 is 11.5 Å². The molecule has 0 radical (unpaired) electrons. The van der Waals surface area contributed by atoms with Crippen molar-refractivity contribution in [3.8, 4) is 0 Å². The van der Waals surface area contributed by atoms with Gasteiger partial charge in [-0.25, -0.2) is 4.98 Å². The lowest BCUT2D eigenvalue weighted by Crippen LogP contribution is -2.51. The Balaban J connectivity index is 2.58. The molecule has 0 aliphatic carbocycles. The first-order valence-electron chi connectivity index (χ1n) is 5.87. The topological polar surface area (TPSA) is 64.9 Å². The maximum atomic E-state index is 13.3. The molecular weight excluding hydrogens is 265 g/mol. The standard InChI is InChI=1S/C14H15ClFN3/c1-9(17)14(18,10-2-4-12(15)5-3-10)11-6-7-19-13(16)8-11/h2-9H,17-18H2,1H3/t9-,14?/m0/s1. The number of hydrogen-bond acceptors (Lipinski definition) is 3. The minimum atomic E-state index is -0.992. The Bertz CT molecular complexity index is 571. The Morgan fingerprint density at radius 3 is 2.37 bits per heavy atom. The molecule has 0 amide bonds. The van der Waals surface area contributed by atoms with Crippen LogP contribution >= 0.6 is 11.6 Å². The van der Waals surface area contributed by atoms with E-state index in [1.807, 2.05) is 0 Å². The zero-order chi connectivity index (χ0) is 14.0. The largest absolute Gasteiger partial charge is 0.326 e. The number of nitrogens with two attached hydrogens (primary N) is 2. The van der Waals surface area contributed by atoms with Crippen molar-refractivity contribution in [1.82, 2.24) is 4.98 Å². The normalized spacial score (nSPS) is 15.8. The highest BCUT2D eigenvalue weighted by Crippen LogP contribution is 2.30. The van der Waals surface area contributed by atoms with Crippen LogP contribution in [0.5, 0.6) is 0 Å². The van der Waals surface area contributed by atoms with Crippen molar-refractivity contribution in [2.24, 2.45) is 11.5 Å². The monoisotopic (exact) mass is 279 g/mol. The maximum Gasteiger partial charge on any atom is 0.213 e. The van der Waals surface area contributed by atoms with Crippen LogP contribution in [0.4, 0.5) is 4.39 Å². The van der Waals surface area contributed by atoms with Crippen LogP contribution in [0, 0.1) is 5.95 Å². The van der Waals surface area contributed by atoms with Gasteiger partial charge >= 0.3 is 0 Å². The summed E-state index contributed by atoms with van der Waals surface area (Å²) in [5.74, 6) is -0.582. The Morgan fingerprint density at radius 1 is 1.21 bits per heavy atom. The van der Waals surface area contributed by atoms with Crippen molar-refractivity contribution in [3.05, 3.63) is 64.7 Å². The Hall–Kier alpha value is -1.49. The lowest BCUT2D eigenvalue weighted by atomic mass is 9.79. The molecule has 19 heavy (non-hydrogen) atoms. The molecule has 100 valence electrons. The van der Waals surface area contributed by atoms with Gasteiger partial charge in [-0.3, -0.25) is 0 Å². The molecule has 0 spiro atoms. The molecule has 3 nitrogen and oxygen atoms in total. The molecule has 1 aromatic heterocycles. The van der Waals surface area contributed by atoms with E-state index in [4.69, 9.17) is 23.1 Å². The van der Waals surface area contributed by atoms with E-state index in [-0.39, 0.29) is 0 Å². The highest BCUT2D eigenvalue weighted by atomic mass is 35.5. The molecule has 0 aliphatic heterocycles. The van der Waals surface area contributed by atoms with Gasteiger partial charge in [0.05, 0.1) is 5.54 Å². The first kappa shape index (κ1) is 13.9. The highest BCUT2D eigenvalue weighted by molar-refractivity contribution is 6.30. The van der Waals surface area contributed by atoms with Gasteiger partial charge in [-0.05, 0) is 42.3 Å². The summed E-state index contributed by atoms with van der Waals surface area (Å²) in [6.07, 6.45) is 1.38. The summed E-state index contributed by atoms with van der Waals surface area (Å²) in [4.78, 5) is 3.54. The summed E-state index contributed by atoms with van der Waals surface area (Å²) >= 11 is 5.87. The first-order valence-corrected chi connectivity index (χ1v) is 6.25. The zero-order valence-electron chi connectivity index (χ0n) is 10.5. The molecule has 0 fully saturated rings. The fraction of sp³-hybridized carbons (Fsp3) is 0.214. The van der Waals surface area contributed by atoms with Gasteiger partial charge in [0.1, 0.15) is 0 Å². The number of hydrogen-bond donors (Lipinski definition) is 2. The SMILES string of the molecule is C[C@H](N)C(N)(c1ccc(Cl)cc1)c1ccnc(F)c1. The minimum Gasteiger partial charge on any atom is -0.326 e. The van der Waals surface area contributed by atoms with E-state index < -0.39 is 17.5 Å². The van der Waals surface area contributed by atoms with E-state index in [9.17, 15) is 4.39 Å². The smallest absolute Gasteiger partial charge is 0.213 e. The second kappa shape index (κ2) is 5.25. The average molecular weight is 280 g/mol. The van der Waals surface area contributed by atoms with Crippen molar-refractivity contribution in [3.63, 3.8) is 0 Å². The van der Waals surface area contributed by atoms with Crippen LogP contribution in [0.2, 0.25) is 5.02 Å². The summed E-state index contributed by atoms with van der Waals surface area (Å²) in [5, 5.41) is 0.608. The lowest BCUT2D eigenvalue weighted by molar-refractivity contribution is 0.441.